The Bertz CT molecular complexity index is 631. The highest BCUT2D eigenvalue weighted by atomic mass is 15.2. The normalized spacial score (nSPS) is 24.3. The Morgan fingerprint density at radius 3 is 2.67 bits per heavy atom. The third kappa shape index (κ3) is 6.93. The van der Waals surface area contributed by atoms with Crippen molar-refractivity contribution in [3.8, 4) is 0 Å². The standard InChI is InChI=1S/C28H44N2/c1-4-10-25-20-26(21-25)16-18-29-23(3)30-19-17-24(22-30)12-9-15-27(11-5-2)28-13-7-6-8-14-28/h4,6-8,13-14,24-27,29H,1,3,5,9-12,15-22H2,2H3. The van der Waals surface area contributed by atoms with Gasteiger partial charge in [-0.1, -0.05) is 62.8 Å². The van der Waals surface area contributed by atoms with Crippen LogP contribution in [0.4, 0.5) is 0 Å². The monoisotopic (exact) mass is 408 g/mol. The lowest BCUT2D eigenvalue weighted by atomic mass is 9.72. The highest BCUT2D eigenvalue weighted by Crippen LogP contribution is 2.38. The van der Waals surface area contributed by atoms with Crippen molar-refractivity contribution in [2.45, 2.75) is 77.0 Å². The molecular weight excluding hydrogens is 364 g/mol. The van der Waals surface area contributed by atoms with Gasteiger partial charge in [0, 0.05) is 19.6 Å². The van der Waals surface area contributed by atoms with Crippen LogP contribution < -0.4 is 5.32 Å². The van der Waals surface area contributed by atoms with Crippen molar-refractivity contribution in [3.63, 3.8) is 0 Å². The Morgan fingerprint density at radius 2 is 1.93 bits per heavy atom. The maximum Gasteiger partial charge on any atom is 0.0938 e. The SMILES string of the molecule is C=CCC1CC(CCNC(=C)N2CCC(CCCC(CCC)c3ccccc3)C2)C1. The molecule has 2 fully saturated rings. The predicted molar refractivity (Wildman–Crippen MR) is 130 cm³/mol. The molecule has 0 aromatic heterocycles. The largest absolute Gasteiger partial charge is 0.372 e. The van der Waals surface area contributed by atoms with E-state index in [2.05, 4.69) is 66.7 Å². The van der Waals surface area contributed by atoms with Crippen molar-refractivity contribution in [1.29, 1.82) is 0 Å². The zero-order valence-corrected chi connectivity index (χ0v) is 19.3. The van der Waals surface area contributed by atoms with Gasteiger partial charge in [-0.25, -0.2) is 0 Å². The first-order valence-corrected chi connectivity index (χ1v) is 12.5. The van der Waals surface area contributed by atoms with Gasteiger partial charge in [-0.2, -0.15) is 0 Å². The second-order valence-corrected chi connectivity index (χ2v) is 9.82. The minimum atomic E-state index is 0.739. The maximum absolute atomic E-state index is 4.33. The fraction of sp³-hybridized carbons (Fsp3) is 0.643. The molecule has 1 aliphatic heterocycles. The van der Waals surface area contributed by atoms with Crippen LogP contribution in [0.3, 0.4) is 0 Å². The van der Waals surface area contributed by atoms with Gasteiger partial charge >= 0.3 is 0 Å². The lowest BCUT2D eigenvalue weighted by molar-refractivity contribution is 0.183. The van der Waals surface area contributed by atoms with Gasteiger partial charge < -0.3 is 10.2 Å². The molecule has 30 heavy (non-hydrogen) atoms. The fourth-order valence-corrected chi connectivity index (χ4v) is 5.59. The van der Waals surface area contributed by atoms with Crippen LogP contribution in [0.15, 0.2) is 55.4 Å². The summed E-state index contributed by atoms with van der Waals surface area (Å²) in [6, 6.07) is 11.1. The quantitative estimate of drug-likeness (QED) is 0.330. The minimum absolute atomic E-state index is 0.739. The van der Waals surface area contributed by atoms with E-state index in [0.29, 0.717) is 0 Å². The average molecular weight is 409 g/mol. The van der Waals surface area contributed by atoms with Gasteiger partial charge in [0.2, 0.25) is 0 Å². The molecule has 0 bridgehead atoms. The van der Waals surface area contributed by atoms with Crippen LogP contribution >= 0.6 is 0 Å². The average Bonchev–Trinajstić information content (AvgIpc) is 3.21. The fourth-order valence-electron chi connectivity index (χ4n) is 5.59. The number of allylic oxidation sites excluding steroid dienone is 1. The third-order valence-electron chi connectivity index (χ3n) is 7.46. The number of likely N-dealkylation sites (tertiary alicyclic amines) is 1. The number of benzene rings is 1. The summed E-state index contributed by atoms with van der Waals surface area (Å²) in [5.74, 6) is 4.57. The number of hydrogen-bond acceptors (Lipinski definition) is 2. The smallest absolute Gasteiger partial charge is 0.0938 e. The molecule has 1 aromatic carbocycles. The molecule has 2 nitrogen and oxygen atoms in total. The summed E-state index contributed by atoms with van der Waals surface area (Å²) in [4.78, 5) is 2.49. The molecule has 0 radical (unpaired) electrons. The first-order valence-electron chi connectivity index (χ1n) is 12.5. The van der Waals surface area contributed by atoms with Crippen molar-refractivity contribution >= 4 is 0 Å². The maximum atomic E-state index is 4.33. The Hall–Kier alpha value is -1.70. The van der Waals surface area contributed by atoms with Gasteiger partial charge in [-0.05, 0) is 80.6 Å². The molecule has 2 atom stereocenters. The molecule has 166 valence electrons. The molecule has 3 rings (SSSR count). The van der Waals surface area contributed by atoms with Crippen LogP contribution in [0.5, 0.6) is 0 Å². The molecule has 2 unspecified atom stereocenters. The first-order chi connectivity index (χ1) is 14.7. The van der Waals surface area contributed by atoms with Gasteiger partial charge in [0.1, 0.15) is 0 Å². The van der Waals surface area contributed by atoms with Crippen LogP contribution in [0.1, 0.15) is 82.6 Å². The molecule has 1 saturated heterocycles. The molecule has 1 aromatic rings. The molecule has 0 spiro atoms. The summed E-state index contributed by atoms with van der Waals surface area (Å²) in [6.45, 7) is 14.0. The van der Waals surface area contributed by atoms with Crippen LogP contribution in [0.2, 0.25) is 0 Å². The van der Waals surface area contributed by atoms with E-state index in [-0.39, 0.29) is 0 Å². The Labute approximate surface area is 185 Å². The number of rotatable bonds is 14. The van der Waals surface area contributed by atoms with E-state index in [9.17, 15) is 0 Å². The van der Waals surface area contributed by atoms with Gasteiger partial charge in [0.25, 0.3) is 0 Å². The Balaban J connectivity index is 1.29. The van der Waals surface area contributed by atoms with E-state index >= 15 is 0 Å². The summed E-state index contributed by atoms with van der Waals surface area (Å²) in [7, 11) is 0. The minimum Gasteiger partial charge on any atom is -0.372 e. The zero-order valence-electron chi connectivity index (χ0n) is 19.3. The van der Waals surface area contributed by atoms with E-state index in [0.717, 1.165) is 36.0 Å². The summed E-state index contributed by atoms with van der Waals surface area (Å²) >= 11 is 0. The van der Waals surface area contributed by atoms with Crippen molar-refractivity contribution in [2.75, 3.05) is 19.6 Å². The van der Waals surface area contributed by atoms with E-state index in [4.69, 9.17) is 0 Å². The van der Waals surface area contributed by atoms with E-state index in [1.165, 1.54) is 82.9 Å². The third-order valence-corrected chi connectivity index (χ3v) is 7.46. The van der Waals surface area contributed by atoms with Crippen molar-refractivity contribution in [3.05, 3.63) is 61.0 Å². The van der Waals surface area contributed by atoms with Gasteiger partial charge in [-0.15, -0.1) is 6.58 Å². The summed E-state index contributed by atoms with van der Waals surface area (Å²) in [5, 5.41) is 3.61. The molecule has 2 aliphatic rings. The molecule has 1 saturated carbocycles. The molecule has 2 heteroatoms. The van der Waals surface area contributed by atoms with Crippen molar-refractivity contribution in [1.82, 2.24) is 10.2 Å². The lowest BCUT2D eigenvalue weighted by Gasteiger charge is -2.35. The van der Waals surface area contributed by atoms with Gasteiger partial charge in [0.05, 0.1) is 5.82 Å². The number of nitrogens with zero attached hydrogens (tertiary/aromatic N) is 1. The molecule has 1 aliphatic carbocycles. The molecular formula is C28H44N2. The summed E-state index contributed by atoms with van der Waals surface area (Å²) in [5.41, 5.74) is 1.53. The second kappa shape index (κ2) is 12.2. The Kier molecular flexibility index (Phi) is 9.36. The first kappa shape index (κ1) is 23.0. The van der Waals surface area contributed by atoms with Crippen LogP contribution in [0.25, 0.3) is 0 Å². The summed E-state index contributed by atoms with van der Waals surface area (Å²) < 4.78 is 0. The number of nitrogens with one attached hydrogen (secondary N) is 1. The molecule has 1 N–H and O–H groups in total. The van der Waals surface area contributed by atoms with Crippen LogP contribution in [-0.2, 0) is 0 Å². The van der Waals surface area contributed by atoms with Crippen LogP contribution in [-0.4, -0.2) is 24.5 Å². The van der Waals surface area contributed by atoms with E-state index < -0.39 is 0 Å². The molecule has 0 amide bonds. The molecule has 1 heterocycles. The van der Waals surface area contributed by atoms with Gasteiger partial charge in [0.15, 0.2) is 0 Å². The second-order valence-electron chi connectivity index (χ2n) is 9.82. The highest BCUT2D eigenvalue weighted by molar-refractivity contribution is 5.19. The lowest BCUT2D eigenvalue weighted by Crippen LogP contribution is -2.32. The van der Waals surface area contributed by atoms with Crippen LogP contribution in [0, 0.1) is 17.8 Å². The van der Waals surface area contributed by atoms with Crippen molar-refractivity contribution in [2.24, 2.45) is 17.8 Å². The zero-order chi connectivity index (χ0) is 21.2. The summed E-state index contributed by atoms with van der Waals surface area (Å²) in [6.07, 6.45) is 15.3. The van der Waals surface area contributed by atoms with E-state index in [1.807, 2.05) is 0 Å². The topological polar surface area (TPSA) is 15.3 Å². The van der Waals surface area contributed by atoms with E-state index in [1.54, 1.807) is 0 Å². The van der Waals surface area contributed by atoms with Gasteiger partial charge in [-0.3, -0.25) is 0 Å². The number of hydrogen-bond donors (Lipinski definition) is 1. The Morgan fingerprint density at radius 1 is 1.13 bits per heavy atom. The highest BCUT2D eigenvalue weighted by Gasteiger charge is 2.28. The predicted octanol–water partition coefficient (Wildman–Crippen LogP) is 7.12. The van der Waals surface area contributed by atoms with Crippen molar-refractivity contribution < 1.29 is 0 Å².